The number of benzene rings is 1. The van der Waals surface area contributed by atoms with Gasteiger partial charge in [0.15, 0.2) is 0 Å². The van der Waals surface area contributed by atoms with Crippen molar-refractivity contribution in [1.82, 2.24) is 19.7 Å². The van der Waals surface area contributed by atoms with E-state index in [2.05, 4.69) is 20.4 Å². The molecule has 3 heterocycles. The molecule has 0 saturated carbocycles. The van der Waals surface area contributed by atoms with Crippen LogP contribution >= 0.6 is 11.3 Å². The van der Waals surface area contributed by atoms with E-state index in [9.17, 15) is 9.18 Å². The van der Waals surface area contributed by atoms with Gasteiger partial charge < -0.3 is 5.32 Å². The van der Waals surface area contributed by atoms with Crippen molar-refractivity contribution in [3.05, 3.63) is 77.3 Å². The van der Waals surface area contributed by atoms with Crippen molar-refractivity contribution in [2.75, 3.05) is 5.32 Å². The Kier molecular flexibility index (Phi) is 5.17. The number of aromatic nitrogens is 4. The van der Waals surface area contributed by atoms with Crippen molar-refractivity contribution >= 4 is 23.1 Å². The smallest absolute Gasteiger partial charge is 0.266 e. The molecule has 0 saturated heterocycles. The first-order valence-electron chi connectivity index (χ1n) is 9.36. The molecule has 1 aromatic carbocycles. The number of thiophene rings is 1. The topological polar surface area (TPSA) is 72.7 Å². The predicted molar refractivity (Wildman–Crippen MR) is 116 cm³/mol. The van der Waals surface area contributed by atoms with Gasteiger partial charge in [0, 0.05) is 28.8 Å². The maximum Gasteiger partial charge on any atom is 0.266 e. The third-order valence-electron chi connectivity index (χ3n) is 4.42. The molecule has 0 atom stereocenters. The molecule has 0 unspecified atom stereocenters. The first-order chi connectivity index (χ1) is 14.3. The van der Waals surface area contributed by atoms with Crippen LogP contribution in [0, 0.1) is 5.82 Å². The zero-order chi connectivity index (χ0) is 21.3. The number of nitrogens with one attached hydrogen (secondary N) is 1. The summed E-state index contributed by atoms with van der Waals surface area (Å²) in [7, 11) is 0. The van der Waals surface area contributed by atoms with Crippen LogP contribution in [0.5, 0.6) is 0 Å². The first kappa shape index (κ1) is 19.9. The lowest BCUT2D eigenvalue weighted by molar-refractivity contribution is 0.103. The molecule has 6 nitrogen and oxygen atoms in total. The molecule has 4 aromatic rings. The van der Waals surface area contributed by atoms with Crippen molar-refractivity contribution in [2.24, 2.45) is 0 Å². The number of nitrogens with zero attached hydrogens (tertiary/aromatic N) is 4. The Morgan fingerprint density at radius 3 is 2.43 bits per heavy atom. The molecule has 152 valence electrons. The van der Waals surface area contributed by atoms with Crippen LogP contribution < -0.4 is 5.32 Å². The number of carbonyl (C=O) groups excluding carboxylic acids is 1. The Bertz CT molecular complexity index is 1180. The van der Waals surface area contributed by atoms with Crippen LogP contribution in [-0.4, -0.2) is 25.7 Å². The number of hydrogen-bond donors (Lipinski definition) is 1. The normalized spacial score (nSPS) is 11.5. The van der Waals surface area contributed by atoms with Crippen LogP contribution in [-0.2, 0) is 5.41 Å². The van der Waals surface area contributed by atoms with Gasteiger partial charge in [0.05, 0.1) is 10.6 Å². The SMILES string of the molecule is CC(C)(C)c1cc(NC(=O)c2ccc(-c3ccc(F)cc3)s2)n(-c2ncccn2)n1. The van der Waals surface area contributed by atoms with Crippen LogP contribution in [0.3, 0.4) is 0 Å². The number of hydrogen-bond acceptors (Lipinski definition) is 5. The molecule has 0 fully saturated rings. The second-order valence-corrected chi connectivity index (χ2v) is 8.83. The second kappa shape index (κ2) is 7.79. The van der Waals surface area contributed by atoms with Crippen molar-refractivity contribution in [3.63, 3.8) is 0 Å². The highest BCUT2D eigenvalue weighted by Crippen LogP contribution is 2.30. The fourth-order valence-corrected chi connectivity index (χ4v) is 3.70. The summed E-state index contributed by atoms with van der Waals surface area (Å²) in [6.07, 6.45) is 3.25. The van der Waals surface area contributed by atoms with Crippen molar-refractivity contribution in [3.8, 4) is 16.4 Å². The van der Waals surface area contributed by atoms with Crippen LogP contribution in [0.2, 0.25) is 0 Å². The van der Waals surface area contributed by atoms with Crippen molar-refractivity contribution in [2.45, 2.75) is 26.2 Å². The maximum absolute atomic E-state index is 13.2. The summed E-state index contributed by atoms with van der Waals surface area (Å²) in [6.45, 7) is 6.14. The van der Waals surface area contributed by atoms with Gasteiger partial charge in [0.25, 0.3) is 11.9 Å². The quantitative estimate of drug-likeness (QED) is 0.499. The van der Waals surface area contributed by atoms with Crippen LogP contribution in [0.15, 0.2) is 60.9 Å². The van der Waals surface area contributed by atoms with Gasteiger partial charge in [-0.05, 0) is 35.9 Å². The lowest BCUT2D eigenvalue weighted by Gasteiger charge is -2.13. The van der Waals surface area contributed by atoms with E-state index in [4.69, 9.17) is 0 Å². The minimum atomic E-state index is -0.292. The Labute approximate surface area is 177 Å². The zero-order valence-electron chi connectivity index (χ0n) is 16.8. The van der Waals surface area contributed by atoms with Crippen LogP contribution in [0.4, 0.5) is 10.2 Å². The van der Waals surface area contributed by atoms with E-state index in [-0.39, 0.29) is 17.1 Å². The number of anilines is 1. The summed E-state index contributed by atoms with van der Waals surface area (Å²) < 4.78 is 14.7. The minimum absolute atomic E-state index is 0.210. The van der Waals surface area contributed by atoms with Crippen LogP contribution in [0.1, 0.15) is 36.1 Å². The summed E-state index contributed by atoms with van der Waals surface area (Å²) in [5, 5.41) is 7.53. The van der Waals surface area contributed by atoms with Gasteiger partial charge in [-0.3, -0.25) is 4.79 Å². The Morgan fingerprint density at radius 2 is 1.77 bits per heavy atom. The van der Waals surface area contributed by atoms with E-state index in [1.807, 2.05) is 32.9 Å². The molecule has 0 aliphatic carbocycles. The fraction of sp³-hybridized carbons (Fsp3) is 0.182. The predicted octanol–water partition coefficient (Wildman–Crippen LogP) is 5.08. The Morgan fingerprint density at radius 1 is 1.07 bits per heavy atom. The second-order valence-electron chi connectivity index (χ2n) is 7.75. The summed E-state index contributed by atoms with van der Waals surface area (Å²) in [6, 6.07) is 13.4. The largest absolute Gasteiger partial charge is 0.306 e. The Balaban J connectivity index is 1.63. The molecule has 0 radical (unpaired) electrons. The van der Waals surface area contributed by atoms with Crippen molar-refractivity contribution in [1.29, 1.82) is 0 Å². The zero-order valence-corrected chi connectivity index (χ0v) is 17.6. The fourth-order valence-electron chi connectivity index (χ4n) is 2.80. The number of rotatable bonds is 4. The molecule has 4 rings (SSSR count). The number of carbonyl (C=O) groups is 1. The molecule has 0 spiro atoms. The first-order valence-corrected chi connectivity index (χ1v) is 10.2. The molecule has 30 heavy (non-hydrogen) atoms. The molecule has 3 aromatic heterocycles. The van der Waals surface area contributed by atoms with E-state index in [1.54, 1.807) is 36.7 Å². The summed E-state index contributed by atoms with van der Waals surface area (Å²) in [5.41, 5.74) is 1.46. The van der Waals surface area contributed by atoms with Crippen LogP contribution in [0.25, 0.3) is 16.4 Å². The van der Waals surface area contributed by atoms with E-state index < -0.39 is 0 Å². The standard InChI is InChI=1S/C22H20FN5OS/c1-22(2,3)18-13-19(28(27-18)21-24-11-4-12-25-21)26-20(29)17-10-9-16(30-17)14-5-7-15(23)8-6-14/h4-13H,1-3H3,(H,26,29). The minimum Gasteiger partial charge on any atom is -0.306 e. The molecule has 1 amide bonds. The highest BCUT2D eigenvalue weighted by atomic mass is 32.1. The van der Waals surface area contributed by atoms with Crippen molar-refractivity contribution < 1.29 is 9.18 Å². The van der Waals surface area contributed by atoms with E-state index in [0.29, 0.717) is 16.6 Å². The third-order valence-corrected chi connectivity index (χ3v) is 5.55. The monoisotopic (exact) mass is 421 g/mol. The van der Waals surface area contributed by atoms with Gasteiger partial charge in [-0.2, -0.15) is 9.78 Å². The summed E-state index contributed by atoms with van der Waals surface area (Å²) in [4.78, 5) is 22.8. The highest BCUT2D eigenvalue weighted by molar-refractivity contribution is 7.17. The lowest BCUT2D eigenvalue weighted by atomic mass is 9.92. The molecule has 0 bridgehead atoms. The lowest BCUT2D eigenvalue weighted by Crippen LogP contribution is -2.15. The molecule has 8 heteroatoms. The van der Waals surface area contributed by atoms with Gasteiger partial charge in [-0.1, -0.05) is 32.9 Å². The molecular weight excluding hydrogens is 401 g/mol. The molecular formula is C22H20FN5OS. The van der Waals surface area contributed by atoms with E-state index in [1.165, 1.54) is 28.2 Å². The van der Waals surface area contributed by atoms with E-state index >= 15 is 0 Å². The summed E-state index contributed by atoms with van der Waals surface area (Å²) in [5.74, 6) is 0.319. The van der Waals surface area contributed by atoms with E-state index in [0.717, 1.165) is 16.1 Å². The maximum atomic E-state index is 13.2. The number of amides is 1. The highest BCUT2D eigenvalue weighted by Gasteiger charge is 2.23. The molecule has 1 N–H and O–H groups in total. The van der Waals surface area contributed by atoms with Gasteiger partial charge in [-0.25, -0.2) is 14.4 Å². The summed E-state index contributed by atoms with van der Waals surface area (Å²) >= 11 is 1.34. The molecule has 0 aliphatic heterocycles. The Hall–Kier alpha value is -3.39. The van der Waals surface area contributed by atoms with Gasteiger partial charge >= 0.3 is 0 Å². The average Bonchev–Trinajstić information content (AvgIpc) is 3.37. The number of halogens is 1. The van der Waals surface area contributed by atoms with Gasteiger partial charge in [-0.15, -0.1) is 11.3 Å². The third kappa shape index (κ3) is 4.13. The van der Waals surface area contributed by atoms with Gasteiger partial charge in [0.2, 0.25) is 0 Å². The average molecular weight is 422 g/mol. The van der Waals surface area contributed by atoms with Gasteiger partial charge in [0.1, 0.15) is 11.6 Å². The molecule has 0 aliphatic rings.